The van der Waals surface area contributed by atoms with Crippen LogP contribution in [0, 0.1) is 6.92 Å². The van der Waals surface area contributed by atoms with Crippen molar-refractivity contribution >= 4 is 28.0 Å². The maximum absolute atomic E-state index is 11.6. The van der Waals surface area contributed by atoms with E-state index in [-0.39, 0.29) is 5.78 Å². The number of nitrogens with zero attached hydrogens (tertiary/aromatic N) is 1. The lowest BCUT2D eigenvalue weighted by molar-refractivity contribution is 0.101. The summed E-state index contributed by atoms with van der Waals surface area (Å²) in [6.45, 7) is 5.65. The second kappa shape index (κ2) is 6.66. The van der Waals surface area contributed by atoms with Crippen molar-refractivity contribution in [3.8, 4) is 0 Å². The van der Waals surface area contributed by atoms with Crippen molar-refractivity contribution in [2.75, 3.05) is 5.32 Å². The summed E-state index contributed by atoms with van der Waals surface area (Å²) in [6, 6.07) is 8.40. The molecule has 1 heterocycles. The van der Waals surface area contributed by atoms with Crippen molar-refractivity contribution in [1.82, 2.24) is 4.37 Å². The maximum Gasteiger partial charge on any atom is 0.164 e. The van der Waals surface area contributed by atoms with E-state index in [0.717, 1.165) is 22.8 Å². The zero-order chi connectivity index (χ0) is 14.5. The Bertz CT molecular complexity index is 587. The molecule has 4 heteroatoms. The fraction of sp³-hybridized carbons (Fsp3) is 0.375. The van der Waals surface area contributed by atoms with Crippen molar-refractivity contribution < 1.29 is 4.79 Å². The van der Waals surface area contributed by atoms with E-state index in [4.69, 9.17) is 0 Å². The summed E-state index contributed by atoms with van der Waals surface area (Å²) in [5.41, 5.74) is 3.84. The summed E-state index contributed by atoms with van der Waals surface area (Å²) < 4.78 is 4.25. The minimum absolute atomic E-state index is 0.0540. The number of benzene rings is 1. The molecule has 0 saturated carbocycles. The predicted octanol–water partition coefficient (Wildman–Crippen LogP) is 4.74. The number of carbonyl (C=O) groups is 1. The van der Waals surface area contributed by atoms with Gasteiger partial charge in [-0.15, -0.1) is 0 Å². The third-order valence-corrected chi connectivity index (χ3v) is 4.10. The van der Waals surface area contributed by atoms with Crippen LogP contribution in [0.25, 0.3) is 0 Å². The molecule has 0 fully saturated rings. The summed E-state index contributed by atoms with van der Waals surface area (Å²) in [5, 5.41) is 4.12. The first-order chi connectivity index (χ1) is 9.61. The van der Waals surface area contributed by atoms with Gasteiger partial charge in [-0.05, 0) is 55.9 Å². The van der Waals surface area contributed by atoms with Crippen LogP contribution in [0.2, 0.25) is 0 Å². The van der Waals surface area contributed by atoms with E-state index in [2.05, 4.69) is 40.9 Å². The van der Waals surface area contributed by atoms with Crippen molar-refractivity contribution in [2.45, 2.75) is 40.0 Å². The first-order valence-electron chi connectivity index (χ1n) is 6.95. The number of carbonyl (C=O) groups excluding carboxylic acids is 1. The van der Waals surface area contributed by atoms with Crippen molar-refractivity contribution in [3.05, 3.63) is 41.1 Å². The Morgan fingerprint density at radius 1 is 1.30 bits per heavy atom. The van der Waals surface area contributed by atoms with Crippen LogP contribution in [0.5, 0.6) is 0 Å². The zero-order valence-corrected chi connectivity index (χ0v) is 13.0. The summed E-state index contributed by atoms with van der Waals surface area (Å²) in [4.78, 5) is 11.6. The Morgan fingerprint density at radius 3 is 2.60 bits per heavy atom. The van der Waals surface area contributed by atoms with Gasteiger partial charge in [-0.2, -0.15) is 4.37 Å². The molecular formula is C16H20N2OS. The van der Waals surface area contributed by atoms with Gasteiger partial charge in [-0.3, -0.25) is 4.79 Å². The van der Waals surface area contributed by atoms with Crippen molar-refractivity contribution in [3.63, 3.8) is 0 Å². The highest BCUT2D eigenvalue weighted by Gasteiger charge is 2.14. The summed E-state index contributed by atoms with van der Waals surface area (Å²) in [7, 11) is 0. The number of aryl methyl sites for hydroxylation is 2. The lowest BCUT2D eigenvalue weighted by Gasteiger charge is -2.07. The minimum atomic E-state index is 0.0540. The highest BCUT2D eigenvalue weighted by atomic mass is 32.1. The van der Waals surface area contributed by atoms with Gasteiger partial charge in [0.25, 0.3) is 0 Å². The van der Waals surface area contributed by atoms with Gasteiger partial charge in [0.2, 0.25) is 0 Å². The Labute approximate surface area is 124 Å². The van der Waals surface area contributed by atoms with Gasteiger partial charge >= 0.3 is 0 Å². The molecule has 0 amide bonds. The minimum Gasteiger partial charge on any atom is -0.345 e. The molecule has 0 atom stereocenters. The molecule has 2 rings (SSSR count). The van der Waals surface area contributed by atoms with Crippen LogP contribution >= 0.6 is 11.5 Å². The number of nitrogens with one attached hydrogen (secondary N) is 1. The van der Waals surface area contributed by atoms with E-state index in [1.54, 1.807) is 6.92 Å². The van der Waals surface area contributed by atoms with Gasteiger partial charge in [0.1, 0.15) is 5.00 Å². The van der Waals surface area contributed by atoms with Gasteiger partial charge in [0, 0.05) is 5.69 Å². The van der Waals surface area contributed by atoms with Gasteiger partial charge in [-0.1, -0.05) is 25.5 Å². The fourth-order valence-electron chi connectivity index (χ4n) is 2.14. The molecular weight excluding hydrogens is 268 g/mol. The molecule has 0 saturated heterocycles. The van der Waals surface area contributed by atoms with Gasteiger partial charge in [-0.25, -0.2) is 0 Å². The van der Waals surface area contributed by atoms with E-state index in [1.807, 2.05) is 6.92 Å². The predicted molar refractivity (Wildman–Crippen MR) is 85.2 cm³/mol. The summed E-state index contributed by atoms with van der Waals surface area (Å²) >= 11 is 1.34. The van der Waals surface area contributed by atoms with Crippen LogP contribution in [0.3, 0.4) is 0 Å². The molecule has 1 aromatic heterocycles. The maximum atomic E-state index is 11.6. The number of unbranched alkanes of at least 4 members (excludes halogenated alkanes) is 1. The lowest BCUT2D eigenvalue weighted by Crippen LogP contribution is -1.98. The zero-order valence-electron chi connectivity index (χ0n) is 12.2. The van der Waals surface area contributed by atoms with Crippen LogP contribution in [-0.2, 0) is 6.42 Å². The molecule has 0 aliphatic rings. The summed E-state index contributed by atoms with van der Waals surface area (Å²) in [5.74, 6) is 0.0540. The van der Waals surface area contributed by atoms with Gasteiger partial charge in [0.05, 0.1) is 11.3 Å². The number of aromatic nitrogens is 1. The second-order valence-corrected chi connectivity index (χ2v) is 5.73. The molecule has 1 N–H and O–H groups in total. The SMILES string of the molecule is CCCCc1ccc(Nc2snc(C)c2C(C)=O)cc1. The number of anilines is 2. The summed E-state index contributed by atoms with van der Waals surface area (Å²) in [6.07, 6.45) is 3.55. The van der Waals surface area contributed by atoms with E-state index < -0.39 is 0 Å². The Balaban J connectivity index is 2.12. The standard InChI is InChI=1S/C16H20N2OS/c1-4-5-6-13-7-9-14(10-8-13)17-16-15(12(3)19)11(2)18-20-16/h7-10,17H,4-6H2,1-3H3. The number of Topliss-reactive ketones (excluding diaryl/α,β-unsaturated/α-hetero) is 1. The molecule has 3 nitrogen and oxygen atoms in total. The molecule has 2 aromatic rings. The highest BCUT2D eigenvalue weighted by Crippen LogP contribution is 2.28. The average Bonchev–Trinajstić information content (AvgIpc) is 2.79. The first-order valence-corrected chi connectivity index (χ1v) is 7.72. The van der Waals surface area contributed by atoms with Crippen LogP contribution < -0.4 is 5.32 Å². The molecule has 106 valence electrons. The van der Waals surface area contributed by atoms with E-state index in [9.17, 15) is 4.79 Å². The van der Waals surface area contributed by atoms with Gasteiger partial charge < -0.3 is 5.32 Å². The van der Waals surface area contributed by atoms with E-state index in [0.29, 0.717) is 5.56 Å². The normalized spacial score (nSPS) is 10.6. The third-order valence-electron chi connectivity index (χ3n) is 3.25. The molecule has 0 aliphatic carbocycles. The lowest BCUT2D eigenvalue weighted by atomic mass is 10.1. The molecule has 0 radical (unpaired) electrons. The first kappa shape index (κ1) is 14.7. The van der Waals surface area contributed by atoms with Crippen LogP contribution in [-0.4, -0.2) is 10.2 Å². The van der Waals surface area contributed by atoms with Crippen molar-refractivity contribution in [2.24, 2.45) is 0 Å². The number of hydrogen-bond acceptors (Lipinski definition) is 4. The fourth-order valence-corrected chi connectivity index (χ4v) is 3.00. The Kier molecular flexibility index (Phi) is 4.90. The van der Waals surface area contributed by atoms with Crippen LogP contribution in [0.4, 0.5) is 10.7 Å². The largest absolute Gasteiger partial charge is 0.345 e. The van der Waals surface area contributed by atoms with Crippen LogP contribution in [0.15, 0.2) is 24.3 Å². The monoisotopic (exact) mass is 288 g/mol. The van der Waals surface area contributed by atoms with Crippen LogP contribution in [0.1, 0.15) is 48.3 Å². The average molecular weight is 288 g/mol. The molecule has 1 aromatic carbocycles. The van der Waals surface area contributed by atoms with Gasteiger partial charge in [0.15, 0.2) is 5.78 Å². The second-order valence-electron chi connectivity index (χ2n) is 4.95. The third kappa shape index (κ3) is 3.45. The molecule has 0 spiro atoms. The number of hydrogen-bond donors (Lipinski definition) is 1. The Hall–Kier alpha value is -1.68. The molecule has 0 bridgehead atoms. The molecule has 0 aliphatic heterocycles. The topological polar surface area (TPSA) is 42.0 Å². The molecule has 0 unspecified atom stereocenters. The van der Waals surface area contributed by atoms with E-state index >= 15 is 0 Å². The highest BCUT2D eigenvalue weighted by molar-refractivity contribution is 7.10. The van der Waals surface area contributed by atoms with Crippen molar-refractivity contribution in [1.29, 1.82) is 0 Å². The number of rotatable bonds is 6. The quantitative estimate of drug-likeness (QED) is 0.781. The Morgan fingerprint density at radius 2 is 2.00 bits per heavy atom. The number of ketones is 1. The molecule has 20 heavy (non-hydrogen) atoms. The van der Waals surface area contributed by atoms with E-state index in [1.165, 1.54) is 29.9 Å². The smallest absolute Gasteiger partial charge is 0.164 e.